The number of carbonyl (C=O) groups excluding carboxylic acids is 2. The van der Waals surface area contributed by atoms with Crippen molar-refractivity contribution in [3.05, 3.63) is 12.3 Å². The quantitative estimate of drug-likeness (QED) is 0.557. The number of rotatable bonds is 6. The van der Waals surface area contributed by atoms with Gasteiger partial charge in [0.15, 0.2) is 0 Å². The zero-order chi connectivity index (χ0) is 19.4. The van der Waals surface area contributed by atoms with E-state index in [0.29, 0.717) is 25.0 Å². The predicted octanol–water partition coefficient (Wildman–Crippen LogP) is 4.23. The summed E-state index contributed by atoms with van der Waals surface area (Å²) in [6, 6.07) is 0. The highest BCUT2D eigenvalue weighted by Crippen LogP contribution is 2.26. The fourth-order valence-electron chi connectivity index (χ4n) is 3.28. The van der Waals surface area contributed by atoms with Gasteiger partial charge in [0, 0.05) is 0 Å². The van der Waals surface area contributed by atoms with E-state index in [2.05, 4.69) is 6.58 Å². The number of aliphatic carboxylic acids is 1. The van der Waals surface area contributed by atoms with Crippen molar-refractivity contribution in [3.63, 3.8) is 0 Å². The maximum atomic E-state index is 12.4. The summed E-state index contributed by atoms with van der Waals surface area (Å²) >= 11 is 0. The fraction of sp³-hybridized carbons (Fsp3) is 0.750. The van der Waals surface area contributed by atoms with E-state index in [1.807, 2.05) is 0 Å². The van der Waals surface area contributed by atoms with Gasteiger partial charge in [0.05, 0.1) is 24.0 Å². The van der Waals surface area contributed by atoms with Gasteiger partial charge in [-0.1, -0.05) is 51.5 Å². The van der Waals surface area contributed by atoms with E-state index in [4.69, 9.17) is 9.47 Å². The molecule has 0 radical (unpaired) electrons. The van der Waals surface area contributed by atoms with E-state index in [0.717, 1.165) is 44.9 Å². The third-order valence-corrected chi connectivity index (χ3v) is 4.70. The van der Waals surface area contributed by atoms with Gasteiger partial charge in [0.2, 0.25) is 0 Å². The van der Waals surface area contributed by atoms with Crippen LogP contribution in [0, 0.1) is 11.8 Å². The maximum absolute atomic E-state index is 12.4. The molecule has 1 aliphatic carbocycles. The van der Waals surface area contributed by atoms with Gasteiger partial charge in [0.25, 0.3) is 0 Å². The zero-order valence-electron chi connectivity index (χ0n) is 15.8. The van der Waals surface area contributed by atoms with Gasteiger partial charge in [-0.15, -0.1) is 0 Å². The van der Waals surface area contributed by atoms with Crippen LogP contribution in [0.3, 0.4) is 0 Å². The van der Waals surface area contributed by atoms with E-state index >= 15 is 0 Å². The van der Waals surface area contributed by atoms with Crippen LogP contribution in [0.15, 0.2) is 12.3 Å². The predicted molar refractivity (Wildman–Crippen MR) is 97.3 cm³/mol. The lowest BCUT2D eigenvalue weighted by atomic mass is 9.86. The Hall–Kier alpha value is -1.85. The first kappa shape index (κ1) is 22.2. The molecular formula is C20H32O6. The van der Waals surface area contributed by atoms with E-state index < -0.39 is 29.7 Å². The molecule has 0 aromatic carbocycles. The van der Waals surface area contributed by atoms with Gasteiger partial charge < -0.3 is 14.6 Å². The number of carbonyl (C=O) groups is 3. The standard InChI is InChI=1S/C20H32O6/c1-15(2)26-18(21)12-13-25-20(24)17-11-9-7-5-3-4-6-8-10-16(14-17)19(22)23/h16-17H,1,3-14H2,2H3,(H,22,23). The van der Waals surface area contributed by atoms with Gasteiger partial charge in [-0.25, -0.2) is 0 Å². The third-order valence-electron chi connectivity index (χ3n) is 4.70. The molecule has 0 spiro atoms. The number of allylic oxidation sites excluding steroid dienone is 1. The van der Waals surface area contributed by atoms with Crippen molar-refractivity contribution in [1.29, 1.82) is 0 Å². The minimum Gasteiger partial charge on any atom is -0.481 e. The van der Waals surface area contributed by atoms with Crippen LogP contribution in [0.5, 0.6) is 0 Å². The Morgan fingerprint density at radius 2 is 1.50 bits per heavy atom. The molecule has 0 aromatic rings. The smallest absolute Gasteiger partial charge is 0.314 e. The summed E-state index contributed by atoms with van der Waals surface area (Å²) in [6.07, 6.45) is 8.85. The molecule has 2 unspecified atom stereocenters. The van der Waals surface area contributed by atoms with E-state index in [1.54, 1.807) is 6.92 Å². The Morgan fingerprint density at radius 1 is 0.962 bits per heavy atom. The topological polar surface area (TPSA) is 89.9 Å². The van der Waals surface area contributed by atoms with Gasteiger partial charge in [-0.2, -0.15) is 0 Å². The molecule has 26 heavy (non-hydrogen) atoms. The summed E-state index contributed by atoms with van der Waals surface area (Å²) < 4.78 is 10.0. The SMILES string of the molecule is C=C(C)OC(=O)CCOC(=O)C1CCCCCCCCCC(C(=O)O)C1. The van der Waals surface area contributed by atoms with Crippen LogP contribution in [0.25, 0.3) is 0 Å². The first-order chi connectivity index (χ1) is 12.4. The molecule has 1 aliphatic rings. The van der Waals surface area contributed by atoms with Crippen molar-refractivity contribution in [2.75, 3.05) is 6.61 Å². The largest absolute Gasteiger partial charge is 0.481 e. The van der Waals surface area contributed by atoms with Crippen LogP contribution in [-0.2, 0) is 23.9 Å². The number of ether oxygens (including phenoxy) is 2. The van der Waals surface area contributed by atoms with Crippen LogP contribution in [-0.4, -0.2) is 29.6 Å². The van der Waals surface area contributed by atoms with Crippen molar-refractivity contribution in [2.24, 2.45) is 11.8 Å². The molecule has 0 saturated heterocycles. The second-order valence-corrected chi connectivity index (χ2v) is 7.11. The van der Waals surface area contributed by atoms with E-state index in [-0.39, 0.29) is 13.0 Å². The number of carboxylic acids is 1. The molecule has 1 saturated carbocycles. The Bertz CT molecular complexity index is 485. The van der Waals surface area contributed by atoms with Gasteiger partial charge >= 0.3 is 17.9 Å². The summed E-state index contributed by atoms with van der Waals surface area (Å²) in [7, 11) is 0. The Morgan fingerprint density at radius 3 is 2.04 bits per heavy atom. The monoisotopic (exact) mass is 368 g/mol. The van der Waals surface area contributed by atoms with Gasteiger partial charge in [0.1, 0.15) is 6.61 Å². The van der Waals surface area contributed by atoms with Crippen LogP contribution < -0.4 is 0 Å². The molecular weight excluding hydrogens is 336 g/mol. The van der Waals surface area contributed by atoms with Crippen LogP contribution >= 0.6 is 0 Å². The molecule has 0 bridgehead atoms. The molecule has 2 atom stereocenters. The van der Waals surface area contributed by atoms with Gasteiger partial charge in [-0.05, 0) is 26.2 Å². The van der Waals surface area contributed by atoms with Gasteiger partial charge in [-0.3, -0.25) is 14.4 Å². The van der Waals surface area contributed by atoms with Crippen molar-refractivity contribution < 1.29 is 29.0 Å². The molecule has 0 heterocycles. The van der Waals surface area contributed by atoms with Crippen molar-refractivity contribution >= 4 is 17.9 Å². The summed E-state index contributed by atoms with van der Waals surface area (Å²) in [4.78, 5) is 35.4. The molecule has 1 rings (SSSR count). The minimum atomic E-state index is -0.843. The molecule has 0 aliphatic heterocycles. The molecule has 6 heteroatoms. The normalized spacial score (nSPS) is 22.3. The molecule has 1 N–H and O–H groups in total. The fourth-order valence-corrected chi connectivity index (χ4v) is 3.28. The Kier molecular flexibility index (Phi) is 10.7. The Balaban J connectivity index is 2.57. The first-order valence-electron chi connectivity index (χ1n) is 9.65. The summed E-state index contributed by atoms with van der Waals surface area (Å²) in [5.74, 6) is -2.38. The summed E-state index contributed by atoms with van der Waals surface area (Å²) in [5.41, 5.74) is 0. The van der Waals surface area contributed by atoms with Crippen LogP contribution in [0.4, 0.5) is 0 Å². The molecule has 0 aromatic heterocycles. The third kappa shape index (κ3) is 9.59. The average Bonchev–Trinajstić information content (AvgIpc) is 2.54. The highest BCUT2D eigenvalue weighted by atomic mass is 16.6. The lowest BCUT2D eigenvalue weighted by molar-refractivity contribution is -0.152. The second kappa shape index (κ2) is 12.5. The molecule has 0 amide bonds. The number of hydrogen-bond acceptors (Lipinski definition) is 5. The highest BCUT2D eigenvalue weighted by Gasteiger charge is 2.28. The molecule has 6 nitrogen and oxygen atoms in total. The van der Waals surface area contributed by atoms with Crippen molar-refractivity contribution in [3.8, 4) is 0 Å². The average molecular weight is 368 g/mol. The summed E-state index contributed by atoms with van der Waals surface area (Å²) in [5, 5.41) is 9.45. The van der Waals surface area contributed by atoms with Crippen LogP contribution in [0.1, 0.15) is 77.6 Å². The van der Waals surface area contributed by atoms with Crippen molar-refractivity contribution in [1.82, 2.24) is 0 Å². The maximum Gasteiger partial charge on any atom is 0.314 e. The summed E-state index contributed by atoms with van der Waals surface area (Å²) in [6.45, 7) is 4.99. The lowest BCUT2D eigenvalue weighted by Gasteiger charge is -2.21. The van der Waals surface area contributed by atoms with E-state index in [9.17, 15) is 19.5 Å². The second-order valence-electron chi connectivity index (χ2n) is 7.11. The minimum absolute atomic E-state index is 0.0340. The molecule has 148 valence electrons. The number of esters is 2. The lowest BCUT2D eigenvalue weighted by Crippen LogP contribution is -2.25. The Labute approximate surface area is 155 Å². The highest BCUT2D eigenvalue weighted by molar-refractivity contribution is 5.75. The zero-order valence-corrected chi connectivity index (χ0v) is 15.8. The van der Waals surface area contributed by atoms with Crippen molar-refractivity contribution in [2.45, 2.75) is 77.6 Å². The van der Waals surface area contributed by atoms with Crippen LogP contribution in [0.2, 0.25) is 0 Å². The first-order valence-corrected chi connectivity index (χ1v) is 9.65. The molecule has 1 fully saturated rings. The van der Waals surface area contributed by atoms with E-state index in [1.165, 1.54) is 0 Å². The number of carboxylic acid groups (broad SMARTS) is 1. The number of hydrogen-bond donors (Lipinski definition) is 1.